The second kappa shape index (κ2) is 10.3. The molecular formula is C27H27NO6. The van der Waals surface area contributed by atoms with Gasteiger partial charge in [-0.2, -0.15) is 0 Å². The molecule has 1 aromatic heterocycles. The van der Waals surface area contributed by atoms with Crippen LogP contribution in [-0.2, 0) is 16.1 Å². The summed E-state index contributed by atoms with van der Waals surface area (Å²) in [5, 5.41) is 11.2. The number of rotatable bonds is 9. The Kier molecular flexibility index (Phi) is 7.01. The van der Waals surface area contributed by atoms with Gasteiger partial charge in [-0.1, -0.05) is 37.6 Å². The number of carbonyl (C=O) groups is 2. The molecule has 1 saturated heterocycles. The maximum atomic E-state index is 13.1. The number of ketones is 1. The number of Topliss-reactive ketones (excluding diaryl/α,β-unsaturated/α-hetero) is 1. The summed E-state index contributed by atoms with van der Waals surface area (Å²) in [5.74, 6) is 0.0569. The van der Waals surface area contributed by atoms with E-state index in [1.807, 2.05) is 24.3 Å². The van der Waals surface area contributed by atoms with Crippen molar-refractivity contribution in [1.82, 2.24) is 4.90 Å². The molecular weight excluding hydrogens is 434 g/mol. The lowest BCUT2D eigenvalue weighted by molar-refractivity contribution is -0.140. The molecule has 7 heteroatoms. The fraction of sp³-hybridized carbons (Fsp3) is 0.259. The first-order chi connectivity index (χ1) is 16.5. The highest BCUT2D eigenvalue weighted by Gasteiger charge is 2.46. The molecule has 1 aliphatic heterocycles. The Bertz CT molecular complexity index is 1180. The minimum Gasteiger partial charge on any atom is -0.507 e. The number of nitrogens with zero attached hydrogens (tertiary/aromatic N) is 1. The number of methoxy groups -OCH3 is 1. The molecule has 2 heterocycles. The largest absolute Gasteiger partial charge is 0.507 e. The van der Waals surface area contributed by atoms with E-state index in [1.54, 1.807) is 36.4 Å². The molecule has 7 nitrogen and oxygen atoms in total. The second-order valence-electron chi connectivity index (χ2n) is 8.01. The van der Waals surface area contributed by atoms with Gasteiger partial charge in [-0.25, -0.2) is 0 Å². The van der Waals surface area contributed by atoms with Crippen LogP contribution in [0.5, 0.6) is 11.5 Å². The van der Waals surface area contributed by atoms with Gasteiger partial charge in [0.05, 0.1) is 38.1 Å². The number of likely N-dealkylation sites (tertiary alicyclic amines) is 1. The molecule has 0 aliphatic carbocycles. The molecule has 176 valence electrons. The second-order valence-corrected chi connectivity index (χ2v) is 8.01. The number of amides is 1. The van der Waals surface area contributed by atoms with E-state index in [-0.39, 0.29) is 17.9 Å². The van der Waals surface area contributed by atoms with Crippen molar-refractivity contribution in [2.24, 2.45) is 0 Å². The third kappa shape index (κ3) is 4.69. The standard InChI is InChI=1S/C27H27NO6/c1-3-4-14-33-20-12-10-18(11-13-20)24-23(25(29)19-7-5-8-21(16-19)32-2)26(30)27(31)28(24)17-22-9-6-15-34-22/h5-13,15-16,24,29H,3-4,14,17H2,1-2H3/b25-23+. The Hall–Kier alpha value is -4.00. The normalized spacial score (nSPS) is 17.2. The Morgan fingerprint density at radius 1 is 1.06 bits per heavy atom. The zero-order valence-electron chi connectivity index (χ0n) is 19.2. The lowest BCUT2D eigenvalue weighted by Gasteiger charge is -2.24. The van der Waals surface area contributed by atoms with Crippen LogP contribution >= 0.6 is 0 Å². The summed E-state index contributed by atoms with van der Waals surface area (Å²) >= 11 is 0. The van der Waals surface area contributed by atoms with E-state index < -0.39 is 17.7 Å². The van der Waals surface area contributed by atoms with E-state index in [0.29, 0.717) is 35.0 Å². The van der Waals surface area contributed by atoms with Crippen molar-refractivity contribution in [3.05, 3.63) is 89.4 Å². The maximum Gasteiger partial charge on any atom is 0.296 e. The highest BCUT2D eigenvalue weighted by Crippen LogP contribution is 2.41. The molecule has 34 heavy (non-hydrogen) atoms. The number of carbonyl (C=O) groups excluding carboxylic acids is 2. The van der Waals surface area contributed by atoms with Crippen molar-refractivity contribution in [1.29, 1.82) is 0 Å². The summed E-state index contributed by atoms with van der Waals surface area (Å²) in [6.45, 7) is 2.80. The van der Waals surface area contributed by atoms with Crippen LogP contribution in [0, 0.1) is 0 Å². The van der Waals surface area contributed by atoms with Gasteiger partial charge in [-0.15, -0.1) is 0 Å². The van der Waals surface area contributed by atoms with Crippen molar-refractivity contribution < 1.29 is 28.6 Å². The van der Waals surface area contributed by atoms with Crippen molar-refractivity contribution in [2.45, 2.75) is 32.4 Å². The summed E-state index contributed by atoms with van der Waals surface area (Å²) in [6, 6.07) is 16.6. The molecule has 3 aromatic rings. The number of benzene rings is 2. The average Bonchev–Trinajstić information content (AvgIpc) is 3.47. The van der Waals surface area contributed by atoms with E-state index in [9.17, 15) is 14.7 Å². The molecule has 1 N–H and O–H groups in total. The summed E-state index contributed by atoms with van der Waals surface area (Å²) in [5.41, 5.74) is 1.09. The quantitative estimate of drug-likeness (QED) is 0.207. The van der Waals surface area contributed by atoms with Crippen LogP contribution < -0.4 is 9.47 Å². The molecule has 1 amide bonds. The molecule has 2 aromatic carbocycles. The molecule has 0 bridgehead atoms. The minimum atomic E-state index is -0.791. The molecule has 4 rings (SSSR count). The van der Waals surface area contributed by atoms with Crippen LogP contribution in [0.2, 0.25) is 0 Å². The van der Waals surface area contributed by atoms with E-state index in [2.05, 4.69) is 6.92 Å². The molecule has 0 spiro atoms. The Morgan fingerprint density at radius 2 is 1.85 bits per heavy atom. The van der Waals surface area contributed by atoms with Crippen LogP contribution in [0.3, 0.4) is 0 Å². The number of aliphatic hydroxyl groups is 1. The van der Waals surface area contributed by atoms with Gasteiger partial charge in [-0.3, -0.25) is 9.59 Å². The first-order valence-corrected chi connectivity index (χ1v) is 11.2. The van der Waals surface area contributed by atoms with Crippen LogP contribution in [0.25, 0.3) is 5.76 Å². The summed E-state index contributed by atoms with van der Waals surface area (Å²) < 4.78 is 16.4. The van der Waals surface area contributed by atoms with Gasteiger partial charge in [0.15, 0.2) is 0 Å². The predicted octanol–water partition coefficient (Wildman–Crippen LogP) is 5.09. The number of hydrogen-bond donors (Lipinski definition) is 1. The summed E-state index contributed by atoms with van der Waals surface area (Å²) in [7, 11) is 1.52. The van der Waals surface area contributed by atoms with Gasteiger partial charge >= 0.3 is 0 Å². The highest BCUT2D eigenvalue weighted by molar-refractivity contribution is 6.46. The average molecular weight is 462 g/mol. The molecule has 1 unspecified atom stereocenters. The Labute approximate surface area is 198 Å². The Balaban J connectivity index is 1.77. The molecule has 1 fully saturated rings. The van der Waals surface area contributed by atoms with Crippen LogP contribution in [0.15, 0.2) is 76.9 Å². The van der Waals surface area contributed by atoms with E-state index in [1.165, 1.54) is 18.3 Å². The fourth-order valence-corrected chi connectivity index (χ4v) is 3.97. The minimum absolute atomic E-state index is 0.0180. The number of ether oxygens (including phenoxy) is 2. The van der Waals surface area contributed by atoms with Crippen molar-refractivity contribution in [3.8, 4) is 11.5 Å². The third-order valence-corrected chi connectivity index (χ3v) is 5.75. The monoisotopic (exact) mass is 461 g/mol. The first-order valence-electron chi connectivity index (χ1n) is 11.2. The number of furan rings is 1. The van der Waals surface area contributed by atoms with Crippen molar-refractivity contribution >= 4 is 17.4 Å². The van der Waals surface area contributed by atoms with Crippen LogP contribution in [0.1, 0.15) is 42.7 Å². The zero-order chi connectivity index (χ0) is 24.1. The predicted molar refractivity (Wildman–Crippen MR) is 126 cm³/mol. The topological polar surface area (TPSA) is 89.2 Å². The maximum absolute atomic E-state index is 13.1. The number of unbranched alkanes of at least 4 members (excludes halogenated alkanes) is 1. The lowest BCUT2D eigenvalue weighted by atomic mass is 9.95. The van der Waals surface area contributed by atoms with E-state index >= 15 is 0 Å². The Morgan fingerprint density at radius 3 is 2.53 bits per heavy atom. The fourth-order valence-electron chi connectivity index (χ4n) is 3.97. The zero-order valence-corrected chi connectivity index (χ0v) is 19.2. The highest BCUT2D eigenvalue weighted by atomic mass is 16.5. The van der Waals surface area contributed by atoms with Gasteiger partial charge in [0.2, 0.25) is 0 Å². The molecule has 0 saturated carbocycles. The van der Waals surface area contributed by atoms with Crippen molar-refractivity contribution in [3.63, 3.8) is 0 Å². The van der Waals surface area contributed by atoms with E-state index in [0.717, 1.165) is 12.8 Å². The van der Waals surface area contributed by atoms with Gasteiger partial charge in [-0.05, 0) is 48.4 Å². The van der Waals surface area contributed by atoms with Gasteiger partial charge < -0.3 is 23.9 Å². The first kappa shape index (κ1) is 23.2. The van der Waals surface area contributed by atoms with E-state index in [4.69, 9.17) is 13.9 Å². The molecule has 1 aliphatic rings. The van der Waals surface area contributed by atoms with Crippen molar-refractivity contribution in [2.75, 3.05) is 13.7 Å². The number of hydrogen-bond acceptors (Lipinski definition) is 6. The van der Waals surface area contributed by atoms with Gasteiger partial charge in [0.1, 0.15) is 23.0 Å². The molecule has 0 radical (unpaired) electrons. The SMILES string of the molecule is CCCCOc1ccc(C2/C(=C(\O)c3cccc(OC)c3)C(=O)C(=O)N2Cc2ccco2)cc1. The van der Waals surface area contributed by atoms with Crippen LogP contribution in [0.4, 0.5) is 0 Å². The van der Waals surface area contributed by atoms with Gasteiger partial charge in [0.25, 0.3) is 11.7 Å². The smallest absolute Gasteiger partial charge is 0.296 e. The lowest BCUT2D eigenvalue weighted by Crippen LogP contribution is -2.29. The number of aliphatic hydroxyl groups excluding tert-OH is 1. The third-order valence-electron chi connectivity index (χ3n) is 5.75. The molecule has 1 atom stereocenters. The van der Waals surface area contributed by atoms with Crippen LogP contribution in [-0.4, -0.2) is 35.4 Å². The summed E-state index contributed by atoms with van der Waals surface area (Å²) in [6.07, 6.45) is 3.50. The summed E-state index contributed by atoms with van der Waals surface area (Å²) in [4.78, 5) is 27.6. The van der Waals surface area contributed by atoms with Gasteiger partial charge in [0, 0.05) is 5.56 Å².